The fourth-order valence-electron chi connectivity index (χ4n) is 2.14. The molecule has 1 aliphatic rings. The summed E-state index contributed by atoms with van der Waals surface area (Å²) in [6, 6.07) is 0. The van der Waals surface area contributed by atoms with Crippen molar-refractivity contribution in [3.8, 4) is 0 Å². The molecule has 0 atom stereocenters. The van der Waals surface area contributed by atoms with Crippen LogP contribution in [0.3, 0.4) is 0 Å². The van der Waals surface area contributed by atoms with E-state index in [1.54, 1.807) is 5.56 Å². The minimum atomic E-state index is 1.09. The Hall–Kier alpha value is -0.790. The summed E-state index contributed by atoms with van der Waals surface area (Å²) < 4.78 is 2.08. The summed E-state index contributed by atoms with van der Waals surface area (Å²) in [5.74, 6) is 0. The standard InChI is InChI=1S/C10H16N2/c1-3-9-8-6-4-5-7-10(8)12(2)11-9/h3-7H2,1-2H3. The molecule has 0 radical (unpaired) electrons. The van der Waals surface area contributed by atoms with E-state index in [4.69, 9.17) is 0 Å². The summed E-state index contributed by atoms with van der Waals surface area (Å²) in [6.45, 7) is 2.19. The average molecular weight is 164 g/mol. The Kier molecular flexibility index (Phi) is 1.91. The minimum Gasteiger partial charge on any atom is -0.272 e. The van der Waals surface area contributed by atoms with E-state index >= 15 is 0 Å². The van der Waals surface area contributed by atoms with E-state index in [1.807, 2.05) is 0 Å². The monoisotopic (exact) mass is 164 g/mol. The Bertz CT molecular complexity index is 286. The van der Waals surface area contributed by atoms with Crippen LogP contribution in [0.25, 0.3) is 0 Å². The molecule has 0 spiro atoms. The fraction of sp³-hybridized carbons (Fsp3) is 0.700. The maximum absolute atomic E-state index is 4.53. The topological polar surface area (TPSA) is 17.8 Å². The van der Waals surface area contributed by atoms with E-state index in [0.29, 0.717) is 0 Å². The molecule has 66 valence electrons. The highest BCUT2D eigenvalue weighted by Crippen LogP contribution is 2.23. The second-order valence-corrected chi connectivity index (χ2v) is 3.56. The average Bonchev–Trinajstić information content (AvgIpc) is 2.44. The Balaban J connectivity index is 2.47. The smallest absolute Gasteiger partial charge is 0.0656 e. The number of hydrogen-bond acceptors (Lipinski definition) is 1. The van der Waals surface area contributed by atoms with E-state index in [0.717, 1.165) is 6.42 Å². The van der Waals surface area contributed by atoms with Gasteiger partial charge in [0.15, 0.2) is 0 Å². The first-order valence-corrected chi connectivity index (χ1v) is 4.86. The first-order valence-electron chi connectivity index (χ1n) is 4.86. The fourth-order valence-corrected chi connectivity index (χ4v) is 2.14. The highest BCUT2D eigenvalue weighted by Gasteiger charge is 2.17. The number of hydrogen-bond donors (Lipinski definition) is 0. The lowest BCUT2D eigenvalue weighted by atomic mass is 9.95. The first-order chi connectivity index (χ1) is 5.83. The minimum absolute atomic E-state index is 1.09. The Morgan fingerprint density at radius 3 is 2.83 bits per heavy atom. The van der Waals surface area contributed by atoms with Crippen LogP contribution in [0.1, 0.15) is 36.7 Å². The van der Waals surface area contributed by atoms with Gasteiger partial charge in [-0.1, -0.05) is 6.92 Å². The Morgan fingerprint density at radius 2 is 2.08 bits per heavy atom. The lowest BCUT2D eigenvalue weighted by molar-refractivity contribution is 0.626. The van der Waals surface area contributed by atoms with Gasteiger partial charge < -0.3 is 0 Å². The highest BCUT2D eigenvalue weighted by atomic mass is 15.3. The van der Waals surface area contributed by atoms with Crippen molar-refractivity contribution in [2.24, 2.45) is 7.05 Å². The van der Waals surface area contributed by atoms with Gasteiger partial charge in [-0.25, -0.2) is 0 Å². The molecule has 1 aliphatic carbocycles. The van der Waals surface area contributed by atoms with Crippen LogP contribution in [-0.4, -0.2) is 9.78 Å². The van der Waals surface area contributed by atoms with Crippen molar-refractivity contribution in [2.45, 2.75) is 39.0 Å². The molecule has 2 nitrogen and oxygen atoms in total. The zero-order valence-corrected chi connectivity index (χ0v) is 7.93. The summed E-state index contributed by atoms with van der Waals surface area (Å²) in [5, 5.41) is 4.53. The summed E-state index contributed by atoms with van der Waals surface area (Å²) in [6.07, 6.45) is 6.27. The normalized spacial score (nSPS) is 16.2. The molecule has 0 unspecified atom stereocenters. The molecule has 1 heterocycles. The summed E-state index contributed by atoms with van der Waals surface area (Å²) in [4.78, 5) is 0. The van der Waals surface area contributed by atoms with Crippen LogP contribution in [-0.2, 0) is 26.3 Å². The van der Waals surface area contributed by atoms with E-state index in [-0.39, 0.29) is 0 Å². The van der Waals surface area contributed by atoms with Gasteiger partial charge >= 0.3 is 0 Å². The van der Waals surface area contributed by atoms with Gasteiger partial charge in [-0.15, -0.1) is 0 Å². The van der Waals surface area contributed by atoms with Crippen LogP contribution in [0.4, 0.5) is 0 Å². The number of aromatic nitrogens is 2. The van der Waals surface area contributed by atoms with Gasteiger partial charge in [-0.05, 0) is 37.7 Å². The van der Waals surface area contributed by atoms with Crippen LogP contribution in [0.5, 0.6) is 0 Å². The lowest BCUT2D eigenvalue weighted by Crippen LogP contribution is -2.05. The van der Waals surface area contributed by atoms with Crippen LogP contribution in [0.2, 0.25) is 0 Å². The van der Waals surface area contributed by atoms with Gasteiger partial charge in [0.25, 0.3) is 0 Å². The van der Waals surface area contributed by atoms with Crippen molar-refractivity contribution in [2.75, 3.05) is 0 Å². The van der Waals surface area contributed by atoms with Crippen molar-refractivity contribution >= 4 is 0 Å². The van der Waals surface area contributed by atoms with Crippen LogP contribution >= 0.6 is 0 Å². The van der Waals surface area contributed by atoms with Gasteiger partial charge in [0, 0.05) is 12.7 Å². The van der Waals surface area contributed by atoms with Gasteiger partial charge in [-0.2, -0.15) is 5.10 Å². The second kappa shape index (κ2) is 2.92. The van der Waals surface area contributed by atoms with E-state index < -0.39 is 0 Å². The summed E-state index contributed by atoms with van der Waals surface area (Å²) in [7, 11) is 2.07. The molecule has 1 aromatic heterocycles. The first kappa shape index (κ1) is 7.84. The molecular formula is C10H16N2. The molecule has 12 heavy (non-hydrogen) atoms. The maximum Gasteiger partial charge on any atom is 0.0656 e. The van der Waals surface area contributed by atoms with E-state index in [2.05, 4.69) is 23.8 Å². The molecule has 0 amide bonds. The third-order valence-electron chi connectivity index (χ3n) is 2.78. The molecule has 1 aromatic rings. The molecular weight excluding hydrogens is 148 g/mol. The Morgan fingerprint density at radius 1 is 1.33 bits per heavy atom. The molecule has 0 fully saturated rings. The van der Waals surface area contributed by atoms with Crippen molar-refractivity contribution in [1.29, 1.82) is 0 Å². The van der Waals surface area contributed by atoms with Crippen molar-refractivity contribution in [3.63, 3.8) is 0 Å². The quantitative estimate of drug-likeness (QED) is 0.619. The maximum atomic E-state index is 4.53. The Labute approximate surface area is 73.6 Å². The number of aryl methyl sites for hydroxylation is 2. The summed E-state index contributed by atoms with van der Waals surface area (Å²) in [5.41, 5.74) is 4.36. The van der Waals surface area contributed by atoms with Gasteiger partial charge in [0.1, 0.15) is 0 Å². The summed E-state index contributed by atoms with van der Waals surface area (Å²) >= 11 is 0. The van der Waals surface area contributed by atoms with Crippen LogP contribution in [0, 0.1) is 0 Å². The van der Waals surface area contributed by atoms with Crippen molar-refractivity contribution < 1.29 is 0 Å². The number of rotatable bonds is 1. The van der Waals surface area contributed by atoms with Gasteiger partial charge in [0.2, 0.25) is 0 Å². The largest absolute Gasteiger partial charge is 0.272 e. The van der Waals surface area contributed by atoms with Crippen molar-refractivity contribution in [1.82, 2.24) is 9.78 Å². The molecule has 0 aliphatic heterocycles. The van der Waals surface area contributed by atoms with E-state index in [1.165, 1.54) is 37.1 Å². The highest BCUT2D eigenvalue weighted by molar-refractivity contribution is 5.28. The van der Waals surface area contributed by atoms with Crippen molar-refractivity contribution in [3.05, 3.63) is 17.0 Å². The third kappa shape index (κ3) is 1.06. The molecule has 0 saturated heterocycles. The van der Waals surface area contributed by atoms with Crippen LogP contribution in [0.15, 0.2) is 0 Å². The number of nitrogens with zero attached hydrogens (tertiary/aromatic N) is 2. The molecule has 0 N–H and O–H groups in total. The lowest BCUT2D eigenvalue weighted by Gasteiger charge is -2.11. The predicted octanol–water partition coefficient (Wildman–Crippen LogP) is 1.86. The second-order valence-electron chi connectivity index (χ2n) is 3.56. The molecule has 2 heteroatoms. The molecule has 0 saturated carbocycles. The molecule has 0 bridgehead atoms. The van der Waals surface area contributed by atoms with Gasteiger partial charge in [-0.3, -0.25) is 4.68 Å². The zero-order chi connectivity index (χ0) is 8.55. The van der Waals surface area contributed by atoms with E-state index in [9.17, 15) is 0 Å². The zero-order valence-electron chi connectivity index (χ0n) is 7.93. The van der Waals surface area contributed by atoms with Crippen LogP contribution < -0.4 is 0 Å². The predicted molar refractivity (Wildman–Crippen MR) is 49.2 cm³/mol. The molecule has 0 aromatic carbocycles. The SMILES string of the molecule is CCc1nn(C)c2c1CCCC2. The third-order valence-corrected chi connectivity index (χ3v) is 2.78. The number of fused-ring (bicyclic) bond motifs is 1. The molecule has 2 rings (SSSR count). The van der Waals surface area contributed by atoms with Gasteiger partial charge in [0.05, 0.1) is 5.69 Å².